The Bertz CT molecular complexity index is 206. The van der Waals surface area contributed by atoms with Crippen LogP contribution in [0.25, 0.3) is 0 Å². The molecule has 16 heavy (non-hydrogen) atoms. The summed E-state index contributed by atoms with van der Waals surface area (Å²) in [4.78, 5) is 4.99. The summed E-state index contributed by atoms with van der Waals surface area (Å²) in [6, 6.07) is 0.875. The molecule has 4 nitrogen and oxygen atoms in total. The number of rotatable bonds is 4. The summed E-state index contributed by atoms with van der Waals surface area (Å²) < 4.78 is 0. The lowest BCUT2D eigenvalue weighted by atomic mass is 10.1. The van der Waals surface area contributed by atoms with Crippen molar-refractivity contribution < 1.29 is 5.11 Å². The molecule has 2 aliphatic rings. The van der Waals surface area contributed by atoms with Crippen LogP contribution in [0.5, 0.6) is 0 Å². The van der Waals surface area contributed by atoms with Crippen LogP contribution < -0.4 is 5.32 Å². The van der Waals surface area contributed by atoms with Gasteiger partial charge in [0.05, 0.1) is 6.61 Å². The van der Waals surface area contributed by atoms with E-state index in [1.54, 1.807) is 0 Å². The average molecular weight is 227 g/mol. The standard InChI is InChI=1S/C12H25N3O/c1-11-9-15(12(10-16)8-13-11)7-6-14-4-2-3-5-14/h11-13,16H,2-10H2,1H3. The van der Waals surface area contributed by atoms with Crippen molar-refractivity contribution in [3.05, 3.63) is 0 Å². The molecule has 0 spiro atoms. The molecule has 0 aliphatic carbocycles. The molecule has 0 aromatic rings. The first-order valence-corrected chi connectivity index (χ1v) is 6.60. The van der Waals surface area contributed by atoms with E-state index >= 15 is 0 Å². The first-order valence-electron chi connectivity index (χ1n) is 6.60. The van der Waals surface area contributed by atoms with Gasteiger partial charge in [-0.05, 0) is 32.9 Å². The van der Waals surface area contributed by atoms with Crippen molar-refractivity contribution in [2.45, 2.75) is 31.8 Å². The normalized spacial score (nSPS) is 33.4. The van der Waals surface area contributed by atoms with Gasteiger partial charge >= 0.3 is 0 Å². The van der Waals surface area contributed by atoms with Crippen LogP contribution in [0.2, 0.25) is 0 Å². The predicted octanol–water partition coefficient (Wildman–Crippen LogP) is -0.263. The summed E-state index contributed by atoms with van der Waals surface area (Å²) in [5.74, 6) is 0. The maximum absolute atomic E-state index is 9.34. The van der Waals surface area contributed by atoms with Crippen LogP contribution in [0.1, 0.15) is 19.8 Å². The zero-order valence-corrected chi connectivity index (χ0v) is 10.4. The fraction of sp³-hybridized carbons (Fsp3) is 1.00. The highest BCUT2D eigenvalue weighted by Gasteiger charge is 2.25. The van der Waals surface area contributed by atoms with Crippen LogP contribution in [-0.2, 0) is 0 Å². The summed E-state index contributed by atoms with van der Waals surface area (Å²) >= 11 is 0. The van der Waals surface area contributed by atoms with E-state index in [0.29, 0.717) is 12.1 Å². The largest absolute Gasteiger partial charge is 0.395 e. The van der Waals surface area contributed by atoms with Crippen molar-refractivity contribution in [3.63, 3.8) is 0 Å². The minimum atomic E-state index is 0.278. The molecule has 0 aromatic carbocycles. The van der Waals surface area contributed by atoms with Crippen molar-refractivity contribution in [3.8, 4) is 0 Å². The monoisotopic (exact) mass is 227 g/mol. The van der Waals surface area contributed by atoms with Crippen LogP contribution >= 0.6 is 0 Å². The van der Waals surface area contributed by atoms with Gasteiger partial charge in [0, 0.05) is 38.3 Å². The minimum Gasteiger partial charge on any atom is -0.395 e. The van der Waals surface area contributed by atoms with Gasteiger partial charge in [-0.15, -0.1) is 0 Å². The molecule has 0 amide bonds. The summed E-state index contributed by atoms with van der Waals surface area (Å²) in [6.07, 6.45) is 2.72. The predicted molar refractivity (Wildman–Crippen MR) is 65.6 cm³/mol. The highest BCUT2D eigenvalue weighted by atomic mass is 16.3. The summed E-state index contributed by atoms with van der Waals surface area (Å²) in [6.45, 7) is 9.31. The van der Waals surface area contributed by atoms with E-state index in [1.807, 2.05) is 0 Å². The van der Waals surface area contributed by atoms with E-state index in [4.69, 9.17) is 0 Å². The SMILES string of the molecule is CC1CN(CCN2CCCC2)C(CO)CN1. The van der Waals surface area contributed by atoms with Gasteiger partial charge in [0.25, 0.3) is 0 Å². The van der Waals surface area contributed by atoms with E-state index in [9.17, 15) is 5.11 Å². The molecule has 0 bridgehead atoms. The van der Waals surface area contributed by atoms with Crippen molar-refractivity contribution in [1.82, 2.24) is 15.1 Å². The maximum atomic E-state index is 9.34. The summed E-state index contributed by atoms with van der Waals surface area (Å²) in [5, 5.41) is 12.8. The molecule has 2 rings (SSSR count). The Kier molecular flexibility index (Phi) is 4.58. The van der Waals surface area contributed by atoms with Crippen LogP contribution in [0.4, 0.5) is 0 Å². The molecule has 94 valence electrons. The van der Waals surface area contributed by atoms with Crippen LogP contribution in [0, 0.1) is 0 Å². The quantitative estimate of drug-likeness (QED) is 0.694. The van der Waals surface area contributed by atoms with Crippen molar-refractivity contribution in [1.29, 1.82) is 0 Å². The topological polar surface area (TPSA) is 38.7 Å². The first kappa shape index (κ1) is 12.3. The zero-order valence-electron chi connectivity index (χ0n) is 10.4. The summed E-state index contributed by atoms with van der Waals surface area (Å²) in [5.41, 5.74) is 0. The Morgan fingerprint density at radius 2 is 2.00 bits per heavy atom. The first-order chi connectivity index (χ1) is 7.79. The van der Waals surface area contributed by atoms with Gasteiger partial charge in [-0.2, -0.15) is 0 Å². The van der Waals surface area contributed by atoms with E-state index in [1.165, 1.54) is 32.5 Å². The van der Waals surface area contributed by atoms with Crippen LogP contribution in [0.15, 0.2) is 0 Å². The zero-order chi connectivity index (χ0) is 11.4. The van der Waals surface area contributed by atoms with E-state index in [-0.39, 0.29) is 6.61 Å². The number of piperazine rings is 1. The summed E-state index contributed by atoms with van der Waals surface area (Å²) in [7, 11) is 0. The number of nitrogens with one attached hydrogen (secondary N) is 1. The van der Waals surface area contributed by atoms with Gasteiger partial charge in [-0.25, -0.2) is 0 Å². The highest BCUT2D eigenvalue weighted by Crippen LogP contribution is 2.10. The van der Waals surface area contributed by atoms with Gasteiger partial charge in [0.2, 0.25) is 0 Å². The highest BCUT2D eigenvalue weighted by molar-refractivity contribution is 4.84. The minimum absolute atomic E-state index is 0.278. The second-order valence-corrected chi connectivity index (χ2v) is 5.19. The Hall–Kier alpha value is -0.160. The molecule has 0 saturated carbocycles. The molecule has 2 atom stereocenters. The Morgan fingerprint density at radius 1 is 1.25 bits per heavy atom. The number of hydrogen-bond acceptors (Lipinski definition) is 4. The van der Waals surface area contributed by atoms with E-state index in [0.717, 1.165) is 19.6 Å². The maximum Gasteiger partial charge on any atom is 0.0599 e. The Balaban J connectivity index is 1.76. The van der Waals surface area contributed by atoms with Gasteiger partial charge in [-0.1, -0.05) is 0 Å². The third-order valence-electron chi connectivity index (χ3n) is 3.84. The fourth-order valence-electron chi connectivity index (χ4n) is 2.76. The van der Waals surface area contributed by atoms with Gasteiger partial charge < -0.3 is 15.3 Å². The Morgan fingerprint density at radius 3 is 2.69 bits per heavy atom. The molecule has 2 aliphatic heterocycles. The molecule has 0 aromatic heterocycles. The second-order valence-electron chi connectivity index (χ2n) is 5.19. The van der Waals surface area contributed by atoms with E-state index in [2.05, 4.69) is 22.0 Å². The van der Waals surface area contributed by atoms with Crippen molar-refractivity contribution >= 4 is 0 Å². The molecular formula is C12H25N3O. The van der Waals surface area contributed by atoms with Crippen LogP contribution in [-0.4, -0.2) is 72.9 Å². The number of likely N-dealkylation sites (tertiary alicyclic amines) is 1. The third-order valence-corrected chi connectivity index (χ3v) is 3.84. The molecule has 2 N–H and O–H groups in total. The molecule has 2 unspecified atom stereocenters. The van der Waals surface area contributed by atoms with Crippen molar-refractivity contribution in [2.24, 2.45) is 0 Å². The van der Waals surface area contributed by atoms with Crippen molar-refractivity contribution in [2.75, 3.05) is 45.9 Å². The number of aliphatic hydroxyl groups is 1. The average Bonchev–Trinajstić information content (AvgIpc) is 2.79. The molecule has 2 fully saturated rings. The fourth-order valence-corrected chi connectivity index (χ4v) is 2.76. The molecule has 0 radical (unpaired) electrons. The lowest BCUT2D eigenvalue weighted by molar-refractivity contribution is 0.0763. The number of hydrogen-bond donors (Lipinski definition) is 2. The van der Waals surface area contributed by atoms with Crippen LogP contribution in [0.3, 0.4) is 0 Å². The molecule has 4 heteroatoms. The molecule has 2 saturated heterocycles. The Labute approximate surface area is 98.6 Å². The number of aliphatic hydroxyl groups excluding tert-OH is 1. The van der Waals surface area contributed by atoms with Gasteiger partial charge in [0.1, 0.15) is 0 Å². The third kappa shape index (κ3) is 3.17. The van der Waals surface area contributed by atoms with Gasteiger partial charge in [0.15, 0.2) is 0 Å². The van der Waals surface area contributed by atoms with E-state index < -0.39 is 0 Å². The molecule has 2 heterocycles. The lowest BCUT2D eigenvalue weighted by Gasteiger charge is -2.39. The molecular weight excluding hydrogens is 202 g/mol. The lowest BCUT2D eigenvalue weighted by Crippen LogP contribution is -2.58. The smallest absolute Gasteiger partial charge is 0.0599 e. The number of nitrogens with zero attached hydrogens (tertiary/aromatic N) is 2. The van der Waals surface area contributed by atoms with Gasteiger partial charge in [-0.3, -0.25) is 4.90 Å². The second kappa shape index (κ2) is 5.96.